The zero-order valence-corrected chi connectivity index (χ0v) is 14.1. The van der Waals surface area contributed by atoms with Gasteiger partial charge in [-0.1, -0.05) is 36.4 Å². The largest absolute Gasteiger partial charge is 0.391 e. The molecule has 1 aliphatic heterocycles. The number of fused-ring (bicyclic) bond motifs is 6. The molecule has 0 saturated carbocycles. The number of H-pyrrole nitrogens is 1. The van der Waals surface area contributed by atoms with Gasteiger partial charge in [-0.3, -0.25) is 9.59 Å². The first-order chi connectivity index (χ1) is 12.6. The van der Waals surface area contributed by atoms with E-state index in [1.54, 1.807) is 17.0 Å². The Hall–Kier alpha value is -2.92. The Labute approximate surface area is 150 Å². The normalized spacial score (nSPS) is 24.6. The number of para-hydroxylation sites is 1. The number of hydrogen-bond acceptors (Lipinski definition) is 3. The standard InChI is InChI=1S/C21H18N2O3/c24-17-11-23(21(26)12-6-2-1-3-7-12)16-10-14(17)20(25)19-18(16)13-8-4-5-9-15(13)22-19/h1-9,14,16-17,22,24H,10-11H2/t14-,16-,17?/m0/s1. The van der Waals surface area contributed by atoms with Crippen LogP contribution in [-0.2, 0) is 0 Å². The summed E-state index contributed by atoms with van der Waals surface area (Å²) in [4.78, 5) is 30.9. The minimum atomic E-state index is -0.842. The molecular formula is C21H18N2O3. The summed E-state index contributed by atoms with van der Waals surface area (Å²) in [6.07, 6.45) is -0.376. The average molecular weight is 346 g/mol. The summed E-state index contributed by atoms with van der Waals surface area (Å²) in [6.45, 7) is 0.174. The van der Waals surface area contributed by atoms with Gasteiger partial charge in [-0.05, 0) is 24.6 Å². The number of aliphatic hydroxyl groups is 1. The third-order valence-electron chi connectivity index (χ3n) is 5.65. The maximum Gasteiger partial charge on any atom is 0.254 e. The molecule has 3 aromatic rings. The van der Waals surface area contributed by atoms with Gasteiger partial charge in [0.15, 0.2) is 5.78 Å². The van der Waals surface area contributed by atoms with Crippen LogP contribution in [0.15, 0.2) is 54.6 Å². The molecule has 26 heavy (non-hydrogen) atoms. The molecule has 1 aromatic heterocycles. The van der Waals surface area contributed by atoms with Crippen molar-refractivity contribution >= 4 is 22.6 Å². The van der Waals surface area contributed by atoms with Crippen molar-refractivity contribution in [2.45, 2.75) is 18.6 Å². The van der Waals surface area contributed by atoms with Gasteiger partial charge < -0.3 is 15.0 Å². The smallest absolute Gasteiger partial charge is 0.254 e. The summed E-state index contributed by atoms with van der Waals surface area (Å²) in [5, 5.41) is 11.5. The van der Waals surface area contributed by atoms with Gasteiger partial charge >= 0.3 is 0 Å². The second kappa shape index (κ2) is 5.54. The van der Waals surface area contributed by atoms with Gasteiger partial charge in [-0.15, -0.1) is 0 Å². The Bertz CT molecular complexity index is 1020. The highest BCUT2D eigenvalue weighted by molar-refractivity contribution is 6.06. The monoisotopic (exact) mass is 346 g/mol. The maximum absolute atomic E-state index is 13.1. The number of aliphatic hydroxyl groups excluding tert-OH is 1. The summed E-state index contributed by atoms with van der Waals surface area (Å²) in [7, 11) is 0. The summed E-state index contributed by atoms with van der Waals surface area (Å²) in [5.41, 5.74) is 2.91. The highest BCUT2D eigenvalue weighted by atomic mass is 16.3. The van der Waals surface area contributed by atoms with Crippen molar-refractivity contribution in [3.63, 3.8) is 0 Å². The van der Waals surface area contributed by atoms with E-state index in [1.165, 1.54) is 0 Å². The molecular weight excluding hydrogens is 328 g/mol. The van der Waals surface area contributed by atoms with Crippen molar-refractivity contribution in [2.24, 2.45) is 5.92 Å². The van der Waals surface area contributed by atoms with Crippen LogP contribution < -0.4 is 0 Å². The van der Waals surface area contributed by atoms with Crippen LogP contribution in [0.25, 0.3) is 10.9 Å². The minimum absolute atomic E-state index is 0.0493. The molecule has 2 heterocycles. The fourth-order valence-electron chi connectivity index (χ4n) is 4.40. The number of nitrogens with zero attached hydrogens (tertiary/aromatic N) is 1. The van der Waals surface area contributed by atoms with Crippen LogP contribution in [0, 0.1) is 5.92 Å². The highest BCUT2D eigenvalue weighted by Crippen LogP contribution is 2.45. The number of rotatable bonds is 1. The van der Waals surface area contributed by atoms with Gasteiger partial charge in [0.05, 0.1) is 23.8 Å². The number of nitrogens with one attached hydrogen (secondary N) is 1. The molecule has 2 N–H and O–H groups in total. The van der Waals surface area contributed by atoms with Crippen molar-refractivity contribution in [1.82, 2.24) is 9.88 Å². The molecule has 1 unspecified atom stereocenters. The summed E-state index contributed by atoms with van der Waals surface area (Å²) in [5.74, 6) is -0.620. The minimum Gasteiger partial charge on any atom is -0.391 e. The van der Waals surface area contributed by atoms with E-state index in [2.05, 4.69) is 4.98 Å². The van der Waals surface area contributed by atoms with Crippen molar-refractivity contribution in [2.75, 3.05) is 6.54 Å². The fraction of sp³-hybridized carbons (Fsp3) is 0.238. The number of aromatic amines is 1. The molecule has 2 aromatic carbocycles. The second-order valence-electron chi connectivity index (χ2n) is 7.07. The molecule has 1 saturated heterocycles. The maximum atomic E-state index is 13.1. The number of likely N-dealkylation sites (tertiary alicyclic amines) is 1. The lowest BCUT2D eigenvalue weighted by Gasteiger charge is -2.44. The van der Waals surface area contributed by atoms with Gasteiger partial charge in [0.25, 0.3) is 5.91 Å². The lowest BCUT2D eigenvalue weighted by atomic mass is 9.75. The Morgan fingerprint density at radius 2 is 1.81 bits per heavy atom. The molecule has 1 fully saturated rings. The van der Waals surface area contributed by atoms with E-state index in [0.29, 0.717) is 17.7 Å². The number of Topliss-reactive ketones (excluding diaryl/α,β-unsaturated/α-hetero) is 1. The zero-order chi connectivity index (χ0) is 17.8. The van der Waals surface area contributed by atoms with Gasteiger partial charge in [-0.25, -0.2) is 0 Å². The van der Waals surface area contributed by atoms with Gasteiger partial charge in [0.2, 0.25) is 0 Å². The number of hydrogen-bond donors (Lipinski definition) is 2. The molecule has 2 bridgehead atoms. The fourth-order valence-corrected chi connectivity index (χ4v) is 4.40. The van der Waals surface area contributed by atoms with Gasteiger partial charge in [-0.2, -0.15) is 0 Å². The predicted molar refractivity (Wildman–Crippen MR) is 97.0 cm³/mol. The summed E-state index contributed by atoms with van der Waals surface area (Å²) in [6, 6.07) is 16.7. The third kappa shape index (κ3) is 2.07. The first-order valence-corrected chi connectivity index (χ1v) is 8.84. The number of carbonyl (C=O) groups is 2. The number of β-amino-alcohol motifs (C(OH)–C–C–N with tert-alkyl or cyclic N) is 1. The van der Waals surface area contributed by atoms with E-state index in [4.69, 9.17) is 0 Å². The number of amides is 1. The van der Waals surface area contributed by atoms with E-state index in [0.717, 1.165) is 16.5 Å². The number of piperidine rings is 1. The van der Waals surface area contributed by atoms with E-state index in [-0.39, 0.29) is 24.3 Å². The van der Waals surface area contributed by atoms with Crippen LogP contribution >= 0.6 is 0 Å². The Kier molecular flexibility index (Phi) is 3.27. The van der Waals surface area contributed by atoms with Crippen LogP contribution in [0.3, 0.4) is 0 Å². The summed E-state index contributed by atoms with van der Waals surface area (Å²) < 4.78 is 0. The molecule has 3 atom stereocenters. The topological polar surface area (TPSA) is 73.4 Å². The first kappa shape index (κ1) is 15.3. The average Bonchev–Trinajstić information content (AvgIpc) is 3.07. The van der Waals surface area contributed by atoms with Crippen LogP contribution in [0.5, 0.6) is 0 Å². The summed E-state index contributed by atoms with van der Waals surface area (Å²) >= 11 is 0. The quantitative estimate of drug-likeness (QED) is 0.711. The Morgan fingerprint density at radius 3 is 2.62 bits per heavy atom. The molecule has 5 heteroatoms. The molecule has 1 amide bonds. The predicted octanol–water partition coefficient (Wildman–Crippen LogP) is 2.93. The third-order valence-corrected chi connectivity index (χ3v) is 5.65. The van der Waals surface area contributed by atoms with Crippen LogP contribution in [0.1, 0.15) is 38.9 Å². The van der Waals surface area contributed by atoms with Gasteiger partial charge in [0, 0.05) is 28.6 Å². The second-order valence-corrected chi connectivity index (χ2v) is 7.07. The van der Waals surface area contributed by atoms with Crippen LogP contribution in [0.2, 0.25) is 0 Å². The Balaban J connectivity index is 1.67. The lowest BCUT2D eigenvalue weighted by molar-refractivity contribution is -0.00464. The van der Waals surface area contributed by atoms with E-state index in [9.17, 15) is 14.7 Å². The van der Waals surface area contributed by atoms with Crippen molar-refractivity contribution in [3.8, 4) is 0 Å². The highest BCUT2D eigenvalue weighted by Gasteiger charge is 2.48. The van der Waals surface area contributed by atoms with Crippen LogP contribution in [-0.4, -0.2) is 39.3 Å². The number of aromatic nitrogens is 1. The number of ketones is 1. The SMILES string of the molecule is O=C1c2[nH]c3ccccc3c2[C@@H]2C[C@H]1C(O)CN2C(=O)c1ccccc1. The van der Waals surface area contributed by atoms with E-state index in [1.807, 2.05) is 42.5 Å². The van der Waals surface area contributed by atoms with Crippen molar-refractivity contribution < 1.29 is 14.7 Å². The van der Waals surface area contributed by atoms with Crippen molar-refractivity contribution in [1.29, 1.82) is 0 Å². The van der Waals surface area contributed by atoms with Crippen molar-refractivity contribution in [3.05, 3.63) is 71.4 Å². The number of carbonyl (C=O) groups excluding carboxylic acids is 2. The molecule has 0 radical (unpaired) electrons. The van der Waals surface area contributed by atoms with Gasteiger partial charge in [0.1, 0.15) is 0 Å². The van der Waals surface area contributed by atoms with E-state index >= 15 is 0 Å². The Morgan fingerprint density at radius 1 is 1.08 bits per heavy atom. The van der Waals surface area contributed by atoms with E-state index < -0.39 is 12.0 Å². The first-order valence-electron chi connectivity index (χ1n) is 8.84. The molecule has 5 nitrogen and oxygen atoms in total. The molecule has 5 rings (SSSR count). The molecule has 130 valence electrons. The zero-order valence-electron chi connectivity index (χ0n) is 14.1. The molecule has 2 aliphatic rings. The lowest BCUT2D eigenvalue weighted by Crippen LogP contribution is -2.53. The molecule has 1 aliphatic carbocycles. The van der Waals surface area contributed by atoms with Crippen LogP contribution in [0.4, 0.5) is 0 Å². The number of benzene rings is 2. The molecule has 0 spiro atoms.